The molecule has 4 aromatic rings. The maximum Gasteiger partial charge on any atom is 0.274 e. The van der Waals surface area contributed by atoms with E-state index >= 15 is 0 Å². The largest absolute Gasteiger partial charge is 0.349 e. The minimum atomic E-state index is -0.302. The molecule has 0 saturated heterocycles. The number of aromatic nitrogens is 4. The molecule has 0 aliphatic rings. The van der Waals surface area contributed by atoms with Crippen LogP contribution in [0.25, 0.3) is 21.8 Å². The average Bonchev–Trinajstić information content (AvgIpc) is 3.00. The number of para-hydroxylation sites is 2. The lowest BCUT2D eigenvalue weighted by Gasteiger charge is -2.10. The second-order valence-corrected chi connectivity index (χ2v) is 6.38. The summed E-state index contributed by atoms with van der Waals surface area (Å²) < 4.78 is 3.27. The molecule has 2 heterocycles. The fraction of sp³-hybridized carbons (Fsp3) is 0.200. The topological polar surface area (TPSA) is 81.8 Å². The molecule has 1 N–H and O–H groups in total. The predicted molar refractivity (Wildman–Crippen MR) is 104 cm³/mol. The van der Waals surface area contributed by atoms with Crippen LogP contribution < -0.4 is 10.9 Å². The van der Waals surface area contributed by atoms with E-state index in [2.05, 4.69) is 20.0 Å². The van der Waals surface area contributed by atoms with E-state index in [9.17, 15) is 9.59 Å². The zero-order valence-electron chi connectivity index (χ0n) is 15.1. The number of aryl methyl sites for hydroxylation is 2. The molecule has 0 unspecified atom stereocenters. The quantitative estimate of drug-likeness (QED) is 0.603. The molecule has 0 aliphatic carbocycles. The number of fused-ring (bicyclic) bond motifs is 2. The maximum atomic E-state index is 12.7. The standard InChI is InChI=1S/C20H19N5O2/c1-13-22-16-9-5-6-10-17(16)25(13)12-11-21-19(26)18-14-7-3-4-8-15(14)20(27)24(2)23-18/h3-10H,11-12H2,1-2H3,(H,21,26). The Balaban J connectivity index is 1.57. The number of rotatable bonds is 4. The van der Waals surface area contributed by atoms with Gasteiger partial charge in [-0.15, -0.1) is 0 Å². The number of carbonyl (C=O) groups is 1. The Morgan fingerprint density at radius 3 is 2.59 bits per heavy atom. The molecule has 2 aromatic carbocycles. The second kappa shape index (κ2) is 6.68. The first kappa shape index (κ1) is 17.0. The van der Waals surface area contributed by atoms with Crippen LogP contribution in [0.3, 0.4) is 0 Å². The number of nitrogens with one attached hydrogen (secondary N) is 1. The first-order valence-electron chi connectivity index (χ1n) is 8.72. The number of amides is 1. The summed E-state index contributed by atoms with van der Waals surface area (Å²) in [6.07, 6.45) is 0. The summed E-state index contributed by atoms with van der Waals surface area (Å²) in [5, 5.41) is 8.10. The van der Waals surface area contributed by atoms with Crippen LogP contribution in [0.2, 0.25) is 0 Å². The lowest BCUT2D eigenvalue weighted by Crippen LogP contribution is -2.31. The molecular formula is C20H19N5O2. The summed E-state index contributed by atoms with van der Waals surface area (Å²) in [6, 6.07) is 14.9. The lowest BCUT2D eigenvalue weighted by atomic mass is 10.1. The summed E-state index contributed by atoms with van der Waals surface area (Å²) in [5.41, 5.74) is 2.00. The van der Waals surface area contributed by atoms with E-state index in [0.717, 1.165) is 16.9 Å². The Labute approximate surface area is 155 Å². The van der Waals surface area contributed by atoms with Gasteiger partial charge in [-0.25, -0.2) is 9.67 Å². The van der Waals surface area contributed by atoms with Gasteiger partial charge in [0.1, 0.15) is 5.82 Å². The van der Waals surface area contributed by atoms with E-state index in [1.807, 2.05) is 31.2 Å². The van der Waals surface area contributed by atoms with E-state index < -0.39 is 0 Å². The Bertz CT molecular complexity index is 1220. The highest BCUT2D eigenvalue weighted by atomic mass is 16.2. The summed E-state index contributed by atoms with van der Waals surface area (Å²) in [6.45, 7) is 2.98. The Hall–Kier alpha value is -3.48. The van der Waals surface area contributed by atoms with Crippen LogP contribution in [-0.2, 0) is 13.6 Å². The van der Waals surface area contributed by atoms with E-state index in [0.29, 0.717) is 23.9 Å². The molecule has 2 aromatic heterocycles. The van der Waals surface area contributed by atoms with Gasteiger partial charge in [0.2, 0.25) is 0 Å². The molecule has 136 valence electrons. The number of carbonyl (C=O) groups excluding carboxylic acids is 1. The SMILES string of the molecule is Cc1nc2ccccc2n1CCNC(=O)c1nn(C)c(=O)c2ccccc12. The maximum absolute atomic E-state index is 12.7. The highest BCUT2D eigenvalue weighted by molar-refractivity contribution is 6.04. The minimum absolute atomic E-state index is 0.220. The van der Waals surface area contributed by atoms with Gasteiger partial charge in [0.25, 0.3) is 11.5 Å². The first-order chi connectivity index (χ1) is 13.1. The molecule has 7 nitrogen and oxygen atoms in total. The number of imidazole rings is 1. The molecule has 4 rings (SSSR count). The van der Waals surface area contributed by atoms with Crippen molar-refractivity contribution in [3.63, 3.8) is 0 Å². The van der Waals surface area contributed by atoms with Crippen LogP contribution in [0.1, 0.15) is 16.3 Å². The Morgan fingerprint density at radius 2 is 1.78 bits per heavy atom. The number of hydrogen-bond donors (Lipinski definition) is 1. The van der Waals surface area contributed by atoms with Crippen molar-refractivity contribution in [2.75, 3.05) is 6.54 Å². The van der Waals surface area contributed by atoms with Crippen molar-refractivity contribution in [2.24, 2.45) is 7.05 Å². The lowest BCUT2D eigenvalue weighted by molar-refractivity contribution is 0.0947. The fourth-order valence-corrected chi connectivity index (χ4v) is 3.31. The van der Waals surface area contributed by atoms with Gasteiger partial charge in [0.15, 0.2) is 5.69 Å². The van der Waals surface area contributed by atoms with Crippen molar-refractivity contribution in [1.82, 2.24) is 24.6 Å². The second-order valence-electron chi connectivity index (χ2n) is 6.38. The number of hydrogen-bond acceptors (Lipinski definition) is 4. The van der Waals surface area contributed by atoms with E-state index in [4.69, 9.17) is 0 Å². The van der Waals surface area contributed by atoms with Gasteiger partial charge in [0.05, 0.1) is 16.4 Å². The van der Waals surface area contributed by atoms with Crippen LogP contribution in [0.15, 0.2) is 53.3 Å². The van der Waals surface area contributed by atoms with Gasteiger partial charge >= 0.3 is 0 Å². The molecule has 0 saturated carbocycles. The molecule has 0 radical (unpaired) electrons. The molecule has 0 fully saturated rings. The van der Waals surface area contributed by atoms with Crippen LogP contribution in [0.5, 0.6) is 0 Å². The average molecular weight is 361 g/mol. The Morgan fingerprint density at radius 1 is 1.07 bits per heavy atom. The predicted octanol–water partition coefficient (Wildman–Crippen LogP) is 2.02. The van der Waals surface area contributed by atoms with Gasteiger partial charge in [-0.3, -0.25) is 9.59 Å². The van der Waals surface area contributed by atoms with Crippen molar-refractivity contribution in [3.05, 3.63) is 70.4 Å². The van der Waals surface area contributed by atoms with Crippen molar-refractivity contribution < 1.29 is 4.79 Å². The fourth-order valence-electron chi connectivity index (χ4n) is 3.31. The molecular weight excluding hydrogens is 342 g/mol. The zero-order valence-corrected chi connectivity index (χ0v) is 15.1. The zero-order chi connectivity index (χ0) is 19.0. The normalized spacial score (nSPS) is 11.2. The van der Waals surface area contributed by atoms with Crippen molar-refractivity contribution in [1.29, 1.82) is 0 Å². The van der Waals surface area contributed by atoms with Gasteiger partial charge in [-0.05, 0) is 25.1 Å². The van der Waals surface area contributed by atoms with Crippen molar-refractivity contribution >= 4 is 27.7 Å². The van der Waals surface area contributed by atoms with Gasteiger partial charge in [0, 0.05) is 25.5 Å². The van der Waals surface area contributed by atoms with E-state index in [1.165, 1.54) is 4.68 Å². The third kappa shape index (κ3) is 2.97. The van der Waals surface area contributed by atoms with Gasteiger partial charge < -0.3 is 9.88 Å². The Kier molecular flexibility index (Phi) is 4.19. The molecule has 0 aliphatic heterocycles. The molecule has 7 heteroatoms. The van der Waals surface area contributed by atoms with Crippen LogP contribution >= 0.6 is 0 Å². The number of nitrogens with zero attached hydrogens (tertiary/aromatic N) is 4. The summed E-state index contributed by atoms with van der Waals surface area (Å²) in [7, 11) is 1.55. The molecule has 0 spiro atoms. The van der Waals surface area contributed by atoms with Crippen molar-refractivity contribution in [2.45, 2.75) is 13.5 Å². The highest BCUT2D eigenvalue weighted by Gasteiger charge is 2.15. The molecule has 0 bridgehead atoms. The summed E-state index contributed by atoms with van der Waals surface area (Å²) >= 11 is 0. The van der Waals surface area contributed by atoms with Crippen molar-refractivity contribution in [3.8, 4) is 0 Å². The molecule has 27 heavy (non-hydrogen) atoms. The van der Waals surface area contributed by atoms with E-state index in [1.54, 1.807) is 31.3 Å². The monoisotopic (exact) mass is 361 g/mol. The smallest absolute Gasteiger partial charge is 0.274 e. The molecule has 0 atom stereocenters. The molecule has 1 amide bonds. The number of benzene rings is 2. The van der Waals surface area contributed by atoms with Crippen LogP contribution in [0, 0.1) is 6.92 Å². The van der Waals surface area contributed by atoms with Crippen LogP contribution in [-0.4, -0.2) is 31.8 Å². The first-order valence-corrected chi connectivity index (χ1v) is 8.72. The minimum Gasteiger partial charge on any atom is -0.349 e. The highest BCUT2D eigenvalue weighted by Crippen LogP contribution is 2.15. The summed E-state index contributed by atoms with van der Waals surface area (Å²) in [4.78, 5) is 29.4. The van der Waals surface area contributed by atoms with Crippen LogP contribution in [0.4, 0.5) is 0 Å². The van der Waals surface area contributed by atoms with Gasteiger partial charge in [-0.2, -0.15) is 5.10 Å². The third-order valence-corrected chi connectivity index (χ3v) is 4.64. The van der Waals surface area contributed by atoms with E-state index in [-0.39, 0.29) is 17.2 Å². The van der Waals surface area contributed by atoms with Gasteiger partial charge in [-0.1, -0.05) is 30.3 Å². The third-order valence-electron chi connectivity index (χ3n) is 4.64. The summed E-state index contributed by atoms with van der Waals surface area (Å²) in [5.74, 6) is 0.597.